The summed E-state index contributed by atoms with van der Waals surface area (Å²) in [5, 5.41) is 11.8. The largest absolute Gasteiger partial charge is 0.345 e. The molecule has 0 fully saturated rings. The van der Waals surface area contributed by atoms with Crippen LogP contribution in [0.25, 0.3) is 0 Å². The van der Waals surface area contributed by atoms with E-state index in [2.05, 4.69) is 15.5 Å². The summed E-state index contributed by atoms with van der Waals surface area (Å²) in [7, 11) is 0. The van der Waals surface area contributed by atoms with Crippen LogP contribution in [0.3, 0.4) is 0 Å². The van der Waals surface area contributed by atoms with Gasteiger partial charge in [-0.3, -0.25) is 14.2 Å². The third-order valence-corrected chi connectivity index (χ3v) is 3.46. The molecule has 20 heavy (non-hydrogen) atoms. The van der Waals surface area contributed by atoms with Gasteiger partial charge >= 0.3 is 0 Å². The third kappa shape index (κ3) is 2.96. The molecule has 6 nitrogen and oxygen atoms in total. The lowest BCUT2D eigenvalue weighted by Gasteiger charge is -2.06. The summed E-state index contributed by atoms with van der Waals surface area (Å²) in [6.07, 6.45) is 3.19. The Hall–Kier alpha value is -1.53. The van der Waals surface area contributed by atoms with Crippen molar-refractivity contribution in [1.29, 1.82) is 0 Å². The molecule has 0 aromatic carbocycles. The number of halogens is 2. The van der Waals surface area contributed by atoms with Gasteiger partial charge in [0.2, 0.25) is 0 Å². The number of hydrogen-bond donors (Lipinski definition) is 1. The number of rotatable bonds is 5. The number of aryl methyl sites for hydroxylation is 2. The van der Waals surface area contributed by atoms with Crippen molar-refractivity contribution in [3.63, 3.8) is 0 Å². The van der Waals surface area contributed by atoms with Crippen LogP contribution in [0.2, 0.25) is 10.0 Å². The number of nitrogens with zero attached hydrogens (tertiary/aromatic N) is 4. The lowest BCUT2D eigenvalue weighted by atomic mass is 10.3. The summed E-state index contributed by atoms with van der Waals surface area (Å²) >= 11 is 12.0. The van der Waals surface area contributed by atoms with Gasteiger partial charge in [-0.25, -0.2) is 0 Å². The van der Waals surface area contributed by atoms with Gasteiger partial charge in [0.1, 0.15) is 0 Å². The van der Waals surface area contributed by atoms with Crippen LogP contribution >= 0.6 is 23.2 Å². The lowest BCUT2D eigenvalue weighted by Crippen LogP contribution is -2.25. The van der Waals surface area contributed by atoms with Gasteiger partial charge in [0.15, 0.2) is 5.69 Å². The maximum absolute atomic E-state index is 12.1. The fourth-order valence-electron chi connectivity index (χ4n) is 1.80. The van der Waals surface area contributed by atoms with Gasteiger partial charge < -0.3 is 5.32 Å². The normalized spacial score (nSPS) is 10.8. The van der Waals surface area contributed by atoms with Crippen LogP contribution in [0, 0.1) is 0 Å². The molecule has 8 heteroatoms. The lowest BCUT2D eigenvalue weighted by molar-refractivity contribution is 0.0944. The standard InChI is InChI=1S/C12H15Cl2N5O/c1-3-18-7-9(14)11(17-18)12(20)15-6-10-8(13)5-16-19(10)4-2/h5,7H,3-4,6H2,1-2H3,(H,15,20). The Bertz CT molecular complexity index is 619. The number of amides is 1. The highest BCUT2D eigenvalue weighted by Crippen LogP contribution is 2.16. The highest BCUT2D eigenvalue weighted by molar-refractivity contribution is 6.33. The Balaban J connectivity index is 2.08. The molecule has 0 aliphatic rings. The number of carbonyl (C=O) groups excluding carboxylic acids is 1. The SMILES string of the molecule is CCn1cc(Cl)c(C(=O)NCc2c(Cl)cnn2CC)n1. The summed E-state index contributed by atoms with van der Waals surface area (Å²) in [6.45, 7) is 5.49. The molecule has 0 aliphatic carbocycles. The molecule has 0 unspecified atom stereocenters. The first-order valence-electron chi connectivity index (χ1n) is 6.28. The van der Waals surface area contributed by atoms with E-state index in [9.17, 15) is 4.79 Å². The van der Waals surface area contributed by atoms with Crippen molar-refractivity contribution in [2.24, 2.45) is 0 Å². The van der Waals surface area contributed by atoms with E-state index in [1.165, 1.54) is 0 Å². The molecule has 2 aromatic heterocycles. The second kappa shape index (κ2) is 6.28. The van der Waals surface area contributed by atoms with Crippen molar-refractivity contribution in [3.8, 4) is 0 Å². The number of aromatic nitrogens is 4. The van der Waals surface area contributed by atoms with Gasteiger partial charge in [0.05, 0.1) is 28.5 Å². The zero-order valence-electron chi connectivity index (χ0n) is 11.2. The van der Waals surface area contributed by atoms with Crippen molar-refractivity contribution < 1.29 is 4.79 Å². The summed E-state index contributed by atoms with van der Waals surface area (Å²) in [5.41, 5.74) is 0.973. The predicted molar refractivity (Wildman–Crippen MR) is 77.0 cm³/mol. The fourth-order valence-corrected chi connectivity index (χ4v) is 2.24. The van der Waals surface area contributed by atoms with Crippen molar-refractivity contribution in [2.75, 3.05) is 0 Å². The summed E-state index contributed by atoms with van der Waals surface area (Å²) < 4.78 is 3.34. The molecule has 2 heterocycles. The van der Waals surface area contributed by atoms with E-state index in [0.29, 0.717) is 23.1 Å². The first-order valence-corrected chi connectivity index (χ1v) is 7.03. The number of carbonyl (C=O) groups is 1. The van der Waals surface area contributed by atoms with Crippen LogP contribution in [0.1, 0.15) is 30.0 Å². The Labute approximate surface area is 126 Å². The van der Waals surface area contributed by atoms with Gasteiger partial charge in [-0.05, 0) is 13.8 Å². The van der Waals surface area contributed by atoms with E-state index in [1.54, 1.807) is 21.8 Å². The minimum atomic E-state index is -0.331. The van der Waals surface area contributed by atoms with Crippen molar-refractivity contribution in [3.05, 3.63) is 33.8 Å². The molecule has 0 aliphatic heterocycles. The van der Waals surface area contributed by atoms with Crippen LogP contribution < -0.4 is 5.32 Å². The average molecular weight is 316 g/mol. The maximum atomic E-state index is 12.1. The van der Waals surface area contributed by atoms with Gasteiger partial charge in [-0.1, -0.05) is 23.2 Å². The Morgan fingerprint density at radius 2 is 2.05 bits per heavy atom. The minimum Gasteiger partial charge on any atom is -0.345 e. The average Bonchev–Trinajstić information content (AvgIpc) is 2.99. The molecule has 2 rings (SSSR count). The second-order valence-electron chi connectivity index (χ2n) is 4.12. The first kappa shape index (κ1) is 14.9. The van der Waals surface area contributed by atoms with Crippen molar-refractivity contribution in [1.82, 2.24) is 24.9 Å². The molecule has 0 radical (unpaired) electrons. The minimum absolute atomic E-state index is 0.215. The fraction of sp³-hybridized carbons (Fsp3) is 0.417. The van der Waals surface area contributed by atoms with E-state index in [1.807, 2.05) is 13.8 Å². The highest BCUT2D eigenvalue weighted by atomic mass is 35.5. The molecule has 2 aromatic rings. The van der Waals surface area contributed by atoms with Crippen LogP contribution in [0.15, 0.2) is 12.4 Å². The summed E-state index contributed by atoms with van der Waals surface area (Å²) in [6, 6.07) is 0. The monoisotopic (exact) mass is 315 g/mol. The van der Waals surface area contributed by atoms with E-state index in [4.69, 9.17) is 23.2 Å². The van der Waals surface area contributed by atoms with Crippen molar-refractivity contribution in [2.45, 2.75) is 33.5 Å². The number of nitrogens with one attached hydrogen (secondary N) is 1. The maximum Gasteiger partial charge on any atom is 0.273 e. The van der Waals surface area contributed by atoms with Gasteiger partial charge in [0.25, 0.3) is 5.91 Å². The van der Waals surface area contributed by atoms with Crippen molar-refractivity contribution >= 4 is 29.1 Å². The van der Waals surface area contributed by atoms with E-state index in [-0.39, 0.29) is 18.1 Å². The zero-order valence-corrected chi connectivity index (χ0v) is 12.7. The molecule has 1 N–H and O–H groups in total. The molecule has 0 saturated heterocycles. The molecule has 0 saturated carbocycles. The molecule has 0 bridgehead atoms. The molecule has 0 spiro atoms. The van der Waals surface area contributed by atoms with E-state index >= 15 is 0 Å². The van der Waals surface area contributed by atoms with E-state index < -0.39 is 0 Å². The molecular formula is C12H15Cl2N5O. The van der Waals surface area contributed by atoms with E-state index in [0.717, 1.165) is 5.69 Å². The summed E-state index contributed by atoms with van der Waals surface area (Å²) in [5.74, 6) is -0.331. The molecule has 108 valence electrons. The van der Waals surface area contributed by atoms with Gasteiger partial charge in [-0.2, -0.15) is 10.2 Å². The summed E-state index contributed by atoms with van der Waals surface area (Å²) in [4.78, 5) is 12.1. The Morgan fingerprint density at radius 1 is 1.30 bits per heavy atom. The second-order valence-corrected chi connectivity index (χ2v) is 4.93. The number of hydrogen-bond acceptors (Lipinski definition) is 3. The molecule has 1 amide bonds. The van der Waals surface area contributed by atoms with Gasteiger partial charge in [-0.15, -0.1) is 0 Å². The molecule has 0 atom stereocenters. The predicted octanol–water partition coefficient (Wildman–Crippen LogP) is 2.36. The first-order chi connectivity index (χ1) is 9.56. The quantitative estimate of drug-likeness (QED) is 0.921. The van der Waals surface area contributed by atoms with Crippen LogP contribution in [0.4, 0.5) is 0 Å². The smallest absolute Gasteiger partial charge is 0.273 e. The topological polar surface area (TPSA) is 64.7 Å². The molecular weight excluding hydrogens is 301 g/mol. The Kier molecular flexibility index (Phi) is 4.67. The van der Waals surface area contributed by atoms with Gasteiger partial charge in [0, 0.05) is 19.3 Å². The van der Waals surface area contributed by atoms with Crippen LogP contribution in [-0.2, 0) is 19.6 Å². The van der Waals surface area contributed by atoms with Crippen LogP contribution in [0.5, 0.6) is 0 Å². The Morgan fingerprint density at radius 3 is 2.65 bits per heavy atom. The highest BCUT2D eigenvalue weighted by Gasteiger charge is 2.16. The van der Waals surface area contributed by atoms with Crippen LogP contribution in [-0.4, -0.2) is 25.5 Å². The zero-order chi connectivity index (χ0) is 14.7. The third-order valence-electron chi connectivity index (χ3n) is 2.87.